The molecule has 2 aromatic carbocycles. The van der Waals surface area contributed by atoms with Crippen molar-refractivity contribution in [2.24, 2.45) is 0 Å². The van der Waals surface area contributed by atoms with Gasteiger partial charge in [0.1, 0.15) is 5.01 Å². The maximum atomic E-state index is 12.4. The van der Waals surface area contributed by atoms with Crippen LogP contribution in [0.5, 0.6) is 0 Å². The fourth-order valence-corrected chi connectivity index (χ4v) is 4.96. The van der Waals surface area contributed by atoms with E-state index in [2.05, 4.69) is 36.8 Å². The maximum Gasteiger partial charge on any atom is 0.346 e. The van der Waals surface area contributed by atoms with Crippen LogP contribution in [0.1, 0.15) is 0 Å². The van der Waals surface area contributed by atoms with E-state index >= 15 is 0 Å². The Bertz CT molecular complexity index is 1220. The molecule has 0 aliphatic carbocycles. The van der Waals surface area contributed by atoms with Crippen LogP contribution < -0.4 is 5.63 Å². The van der Waals surface area contributed by atoms with Crippen LogP contribution in [0.3, 0.4) is 0 Å². The second-order valence-electron chi connectivity index (χ2n) is 5.42. The fourth-order valence-electron chi connectivity index (χ4n) is 2.49. The highest BCUT2D eigenvalue weighted by Crippen LogP contribution is 2.34. The molecule has 0 aliphatic heterocycles. The molecule has 0 amide bonds. The lowest BCUT2D eigenvalue weighted by atomic mass is 10.1. The lowest BCUT2D eigenvalue weighted by Gasteiger charge is -2.03. The van der Waals surface area contributed by atoms with Crippen molar-refractivity contribution in [1.29, 1.82) is 0 Å². The Hall–Kier alpha value is -1.18. The Kier molecular flexibility index (Phi) is 4.96. The smallest absolute Gasteiger partial charge is 0.346 e. The van der Waals surface area contributed by atoms with Gasteiger partial charge in [0, 0.05) is 20.8 Å². The third-order valence-corrected chi connectivity index (χ3v) is 6.36. The Balaban J connectivity index is 1.83. The van der Waals surface area contributed by atoms with Crippen molar-refractivity contribution in [3.63, 3.8) is 0 Å². The number of benzene rings is 2. The van der Waals surface area contributed by atoms with E-state index in [1.165, 1.54) is 11.3 Å². The Morgan fingerprint density at radius 2 is 1.85 bits per heavy atom. The van der Waals surface area contributed by atoms with Gasteiger partial charge in [-0.2, -0.15) is 0 Å². The predicted octanol–water partition coefficient (Wildman–Crippen LogP) is 7.42. The van der Waals surface area contributed by atoms with Crippen LogP contribution in [-0.2, 0) is 0 Å². The highest BCUT2D eigenvalue weighted by Gasteiger charge is 2.15. The van der Waals surface area contributed by atoms with Gasteiger partial charge in [-0.15, -0.1) is 11.3 Å². The van der Waals surface area contributed by atoms with Gasteiger partial charge >= 0.3 is 5.63 Å². The van der Waals surface area contributed by atoms with Gasteiger partial charge in [0.25, 0.3) is 0 Å². The molecule has 0 unspecified atom stereocenters. The number of halogens is 4. The van der Waals surface area contributed by atoms with Crippen molar-refractivity contribution in [3.8, 4) is 21.8 Å². The maximum absolute atomic E-state index is 12.4. The van der Waals surface area contributed by atoms with Gasteiger partial charge in [-0.1, -0.05) is 45.2 Å². The summed E-state index contributed by atoms with van der Waals surface area (Å²) in [5.41, 5.74) is 2.04. The van der Waals surface area contributed by atoms with Gasteiger partial charge < -0.3 is 4.42 Å². The Morgan fingerprint density at radius 1 is 1.04 bits per heavy atom. The Morgan fingerprint density at radius 3 is 2.62 bits per heavy atom. The number of rotatable bonds is 2. The van der Waals surface area contributed by atoms with Gasteiger partial charge in [0.2, 0.25) is 0 Å². The number of aromatic nitrogens is 1. The van der Waals surface area contributed by atoms with E-state index in [1.807, 2.05) is 23.6 Å². The van der Waals surface area contributed by atoms with Gasteiger partial charge in [0.15, 0.2) is 5.58 Å². The third-order valence-electron chi connectivity index (χ3n) is 3.70. The molecular weight excluding hydrogens is 525 g/mol. The zero-order valence-corrected chi connectivity index (χ0v) is 18.2. The monoisotopic (exact) mass is 529 g/mol. The average Bonchev–Trinajstić information content (AvgIpc) is 3.07. The molecule has 0 fully saturated rings. The number of nitrogens with zero attached hydrogens (tertiary/aromatic N) is 1. The first-order valence-corrected chi connectivity index (χ1v) is 10.5. The summed E-state index contributed by atoms with van der Waals surface area (Å²) in [6, 6.07) is 10.8. The van der Waals surface area contributed by atoms with Crippen molar-refractivity contribution >= 4 is 77.4 Å². The van der Waals surface area contributed by atoms with E-state index in [0.717, 1.165) is 21.1 Å². The molecular formula is C18H7Br2Cl2NO2S. The molecule has 4 aromatic rings. The van der Waals surface area contributed by atoms with E-state index in [-0.39, 0.29) is 0 Å². The highest BCUT2D eigenvalue weighted by atomic mass is 79.9. The van der Waals surface area contributed by atoms with Crippen molar-refractivity contribution < 1.29 is 4.42 Å². The first-order chi connectivity index (χ1) is 12.4. The summed E-state index contributed by atoms with van der Waals surface area (Å²) in [6.45, 7) is 0. The van der Waals surface area contributed by atoms with Crippen LogP contribution >= 0.6 is 66.4 Å². The standard InChI is InChI=1S/C18H7Br2Cl2NO2S/c19-10-3-9-4-11(18(24)25-16(9)12(20)6-10)17-23-15(7-26-17)8-1-2-13(21)14(22)5-8/h1-7H. The molecule has 0 atom stereocenters. The molecule has 0 aliphatic rings. The molecule has 130 valence electrons. The van der Waals surface area contributed by atoms with Crippen molar-refractivity contribution in [3.05, 3.63) is 71.2 Å². The minimum absolute atomic E-state index is 0.416. The zero-order valence-electron chi connectivity index (χ0n) is 12.7. The Labute approximate surface area is 178 Å². The average molecular weight is 532 g/mol. The van der Waals surface area contributed by atoms with Gasteiger partial charge in [-0.3, -0.25) is 0 Å². The second-order valence-corrected chi connectivity index (χ2v) is 8.86. The van der Waals surface area contributed by atoms with E-state index in [0.29, 0.717) is 30.7 Å². The van der Waals surface area contributed by atoms with Crippen LogP contribution in [0.4, 0.5) is 0 Å². The SMILES string of the molecule is O=c1oc2c(Br)cc(Br)cc2cc1-c1nc(-c2ccc(Cl)c(Cl)c2)cs1. The minimum Gasteiger partial charge on any atom is -0.421 e. The van der Waals surface area contributed by atoms with E-state index < -0.39 is 5.63 Å². The lowest BCUT2D eigenvalue weighted by Crippen LogP contribution is -2.02. The normalized spacial score (nSPS) is 11.2. The van der Waals surface area contributed by atoms with Crippen molar-refractivity contribution in [2.45, 2.75) is 0 Å². The summed E-state index contributed by atoms with van der Waals surface area (Å²) in [6.07, 6.45) is 0. The summed E-state index contributed by atoms with van der Waals surface area (Å²) in [4.78, 5) is 17.0. The molecule has 0 N–H and O–H groups in total. The topological polar surface area (TPSA) is 43.1 Å². The number of hydrogen-bond donors (Lipinski definition) is 0. The number of hydrogen-bond acceptors (Lipinski definition) is 4. The van der Waals surface area contributed by atoms with Crippen molar-refractivity contribution in [1.82, 2.24) is 4.98 Å². The predicted molar refractivity (Wildman–Crippen MR) is 114 cm³/mol. The van der Waals surface area contributed by atoms with Crippen molar-refractivity contribution in [2.75, 3.05) is 0 Å². The highest BCUT2D eigenvalue weighted by molar-refractivity contribution is 9.11. The molecule has 4 rings (SSSR count). The molecule has 0 saturated carbocycles. The molecule has 0 radical (unpaired) electrons. The third kappa shape index (κ3) is 3.37. The van der Waals surface area contributed by atoms with E-state index in [1.54, 1.807) is 18.2 Å². The fraction of sp³-hybridized carbons (Fsp3) is 0. The molecule has 2 heterocycles. The number of thiazole rings is 1. The summed E-state index contributed by atoms with van der Waals surface area (Å²) >= 11 is 20.3. The molecule has 0 saturated heterocycles. The first kappa shape index (κ1) is 18.2. The van der Waals surface area contributed by atoms with Gasteiger partial charge in [-0.25, -0.2) is 9.78 Å². The summed E-state index contributed by atoms with van der Waals surface area (Å²) in [7, 11) is 0. The van der Waals surface area contributed by atoms with Crippen LogP contribution in [0, 0.1) is 0 Å². The summed E-state index contributed by atoms with van der Waals surface area (Å²) in [5, 5.41) is 4.19. The molecule has 0 spiro atoms. The largest absolute Gasteiger partial charge is 0.421 e. The quantitative estimate of drug-likeness (QED) is 0.253. The first-order valence-electron chi connectivity index (χ1n) is 7.26. The zero-order chi connectivity index (χ0) is 18.4. The summed E-state index contributed by atoms with van der Waals surface area (Å²) in [5.74, 6) is 0. The van der Waals surface area contributed by atoms with Crippen LogP contribution in [0.15, 0.2) is 59.9 Å². The minimum atomic E-state index is -0.435. The van der Waals surface area contributed by atoms with Crippen LogP contribution in [0.25, 0.3) is 32.8 Å². The number of fused-ring (bicyclic) bond motifs is 1. The summed E-state index contributed by atoms with van der Waals surface area (Å²) < 4.78 is 7.08. The van der Waals surface area contributed by atoms with E-state index in [4.69, 9.17) is 27.6 Å². The van der Waals surface area contributed by atoms with Gasteiger partial charge in [0.05, 0.1) is 25.8 Å². The second kappa shape index (κ2) is 7.09. The van der Waals surface area contributed by atoms with Crippen LogP contribution in [0.2, 0.25) is 10.0 Å². The van der Waals surface area contributed by atoms with E-state index in [9.17, 15) is 4.79 Å². The van der Waals surface area contributed by atoms with Gasteiger partial charge in [-0.05, 0) is 46.3 Å². The molecule has 0 bridgehead atoms. The molecule has 8 heteroatoms. The van der Waals surface area contributed by atoms with Crippen LogP contribution in [-0.4, -0.2) is 4.98 Å². The lowest BCUT2D eigenvalue weighted by molar-refractivity contribution is 0.561. The molecule has 3 nitrogen and oxygen atoms in total. The molecule has 26 heavy (non-hydrogen) atoms. The molecule has 2 aromatic heterocycles.